The first kappa shape index (κ1) is 16.5. The molecule has 0 unspecified atom stereocenters. The van der Waals surface area contributed by atoms with Crippen LogP contribution in [0.25, 0.3) is 0 Å². The Kier molecular flexibility index (Phi) is 5.85. The molecule has 4 heteroatoms. The fourth-order valence-electron chi connectivity index (χ4n) is 2.93. The number of benzene rings is 2. The van der Waals surface area contributed by atoms with Gasteiger partial charge in [-0.3, -0.25) is 4.79 Å². The summed E-state index contributed by atoms with van der Waals surface area (Å²) in [6, 6.07) is 18.3. The first-order chi connectivity index (χ1) is 11.8. The van der Waals surface area contributed by atoms with Gasteiger partial charge in [-0.2, -0.15) is 0 Å². The van der Waals surface area contributed by atoms with Crippen LogP contribution in [0.5, 0.6) is 5.75 Å². The normalized spacial score (nSPS) is 14.9. The van der Waals surface area contributed by atoms with E-state index in [0.717, 1.165) is 50.3 Å². The highest BCUT2D eigenvalue weighted by Crippen LogP contribution is 2.21. The van der Waals surface area contributed by atoms with Crippen molar-refractivity contribution in [3.8, 4) is 5.75 Å². The summed E-state index contributed by atoms with van der Waals surface area (Å²) in [4.78, 5) is 14.3. The average Bonchev–Trinajstić information content (AvgIpc) is 2.91. The number of hydrogen-bond donors (Lipinski definition) is 1. The van der Waals surface area contributed by atoms with Gasteiger partial charge in [0.25, 0.3) is 5.91 Å². The van der Waals surface area contributed by atoms with Gasteiger partial charge in [-0.15, -0.1) is 0 Å². The Balaban J connectivity index is 1.61. The van der Waals surface area contributed by atoms with E-state index < -0.39 is 0 Å². The largest absolute Gasteiger partial charge is 0.483 e. The summed E-state index contributed by atoms with van der Waals surface area (Å²) in [7, 11) is 0. The van der Waals surface area contributed by atoms with Crippen LogP contribution in [0, 0.1) is 0 Å². The van der Waals surface area contributed by atoms with Crippen molar-refractivity contribution in [3.05, 3.63) is 65.7 Å². The van der Waals surface area contributed by atoms with Crippen LogP contribution in [-0.2, 0) is 11.2 Å². The highest BCUT2D eigenvalue weighted by Gasteiger charge is 2.16. The molecule has 1 amide bonds. The van der Waals surface area contributed by atoms with Crippen LogP contribution in [0.4, 0.5) is 0 Å². The SMILES string of the molecule is O=C(COc1ccccc1Cc1ccccc1)N1CCCNCC1. The van der Waals surface area contributed by atoms with Crippen molar-refractivity contribution < 1.29 is 9.53 Å². The van der Waals surface area contributed by atoms with Crippen molar-refractivity contribution >= 4 is 5.91 Å². The molecule has 2 aromatic carbocycles. The van der Waals surface area contributed by atoms with E-state index in [4.69, 9.17) is 4.74 Å². The van der Waals surface area contributed by atoms with E-state index in [-0.39, 0.29) is 12.5 Å². The van der Waals surface area contributed by atoms with Gasteiger partial charge in [-0.05, 0) is 30.2 Å². The van der Waals surface area contributed by atoms with Crippen molar-refractivity contribution in [2.24, 2.45) is 0 Å². The number of ether oxygens (including phenoxy) is 1. The van der Waals surface area contributed by atoms with Crippen LogP contribution in [-0.4, -0.2) is 43.6 Å². The third kappa shape index (κ3) is 4.59. The second-order valence-electron chi connectivity index (χ2n) is 6.04. The zero-order valence-corrected chi connectivity index (χ0v) is 13.9. The van der Waals surface area contributed by atoms with E-state index in [9.17, 15) is 4.79 Å². The molecule has 0 atom stereocenters. The maximum atomic E-state index is 12.4. The highest BCUT2D eigenvalue weighted by molar-refractivity contribution is 5.77. The van der Waals surface area contributed by atoms with Crippen LogP contribution in [0.1, 0.15) is 17.5 Å². The van der Waals surface area contributed by atoms with Crippen LogP contribution in [0.2, 0.25) is 0 Å². The van der Waals surface area contributed by atoms with Crippen molar-refractivity contribution in [1.29, 1.82) is 0 Å². The number of hydrogen-bond acceptors (Lipinski definition) is 3. The lowest BCUT2D eigenvalue weighted by atomic mass is 10.0. The molecule has 1 aliphatic heterocycles. The second-order valence-corrected chi connectivity index (χ2v) is 6.04. The summed E-state index contributed by atoms with van der Waals surface area (Å²) in [6.07, 6.45) is 1.80. The predicted octanol–water partition coefficient (Wildman–Crippen LogP) is 2.48. The van der Waals surface area contributed by atoms with E-state index >= 15 is 0 Å². The molecular weight excluding hydrogens is 300 g/mol. The quantitative estimate of drug-likeness (QED) is 0.919. The molecule has 1 saturated heterocycles. The lowest BCUT2D eigenvalue weighted by Gasteiger charge is -2.20. The lowest BCUT2D eigenvalue weighted by Crippen LogP contribution is -2.37. The maximum Gasteiger partial charge on any atom is 0.260 e. The van der Waals surface area contributed by atoms with Gasteiger partial charge in [0.05, 0.1) is 0 Å². The molecule has 24 heavy (non-hydrogen) atoms. The molecule has 0 spiro atoms. The highest BCUT2D eigenvalue weighted by atomic mass is 16.5. The molecule has 0 bridgehead atoms. The molecule has 1 N–H and O–H groups in total. The summed E-state index contributed by atoms with van der Waals surface area (Å²) in [5.74, 6) is 0.857. The van der Waals surface area contributed by atoms with E-state index in [1.54, 1.807) is 0 Å². The molecule has 126 valence electrons. The lowest BCUT2D eigenvalue weighted by molar-refractivity contribution is -0.133. The van der Waals surface area contributed by atoms with Crippen LogP contribution in [0.3, 0.4) is 0 Å². The molecule has 1 heterocycles. The summed E-state index contributed by atoms with van der Waals surface area (Å²) in [5, 5.41) is 3.31. The van der Waals surface area contributed by atoms with E-state index in [2.05, 4.69) is 23.5 Å². The van der Waals surface area contributed by atoms with Crippen molar-refractivity contribution in [1.82, 2.24) is 10.2 Å². The van der Waals surface area contributed by atoms with E-state index in [1.165, 1.54) is 5.56 Å². The number of rotatable bonds is 5. The summed E-state index contributed by atoms with van der Waals surface area (Å²) < 4.78 is 5.85. The Hall–Kier alpha value is -2.33. The summed E-state index contributed by atoms with van der Waals surface area (Å²) in [6.45, 7) is 3.50. The minimum absolute atomic E-state index is 0.0632. The molecule has 0 radical (unpaired) electrons. The van der Waals surface area contributed by atoms with E-state index in [0.29, 0.717) is 0 Å². The topological polar surface area (TPSA) is 41.6 Å². The van der Waals surface area contributed by atoms with Gasteiger partial charge in [-0.1, -0.05) is 48.5 Å². The van der Waals surface area contributed by atoms with Gasteiger partial charge in [0.15, 0.2) is 6.61 Å². The maximum absolute atomic E-state index is 12.4. The monoisotopic (exact) mass is 324 g/mol. The summed E-state index contributed by atoms with van der Waals surface area (Å²) >= 11 is 0. The Morgan fingerprint density at radius 2 is 1.79 bits per heavy atom. The van der Waals surface area contributed by atoms with Gasteiger partial charge in [0, 0.05) is 26.1 Å². The Bertz CT molecular complexity index is 650. The molecule has 0 aliphatic carbocycles. The average molecular weight is 324 g/mol. The number of nitrogens with one attached hydrogen (secondary N) is 1. The standard InChI is InChI=1S/C20H24N2O2/c23-20(22-13-6-11-21-12-14-22)16-24-19-10-5-4-9-18(19)15-17-7-2-1-3-8-17/h1-5,7-10,21H,6,11-16H2. The predicted molar refractivity (Wildman–Crippen MR) is 95.3 cm³/mol. The van der Waals surface area contributed by atoms with Crippen LogP contribution < -0.4 is 10.1 Å². The van der Waals surface area contributed by atoms with Gasteiger partial charge in [-0.25, -0.2) is 0 Å². The third-order valence-electron chi connectivity index (χ3n) is 4.25. The first-order valence-electron chi connectivity index (χ1n) is 8.56. The molecule has 1 aliphatic rings. The minimum Gasteiger partial charge on any atom is -0.483 e. The molecule has 0 aromatic heterocycles. The minimum atomic E-state index is 0.0632. The van der Waals surface area contributed by atoms with Gasteiger partial charge in [0.2, 0.25) is 0 Å². The second kappa shape index (κ2) is 8.50. The number of amides is 1. The summed E-state index contributed by atoms with van der Waals surface area (Å²) in [5.41, 5.74) is 2.34. The third-order valence-corrected chi connectivity index (χ3v) is 4.25. The molecule has 0 saturated carbocycles. The molecule has 2 aromatic rings. The Labute approximate surface area is 143 Å². The fourth-order valence-corrected chi connectivity index (χ4v) is 2.93. The number of para-hydroxylation sites is 1. The zero-order chi connectivity index (χ0) is 16.6. The molecule has 3 rings (SSSR count). The Morgan fingerprint density at radius 1 is 1.00 bits per heavy atom. The smallest absolute Gasteiger partial charge is 0.260 e. The van der Waals surface area contributed by atoms with Crippen molar-refractivity contribution in [3.63, 3.8) is 0 Å². The van der Waals surface area contributed by atoms with Crippen molar-refractivity contribution in [2.75, 3.05) is 32.8 Å². The van der Waals surface area contributed by atoms with Gasteiger partial charge >= 0.3 is 0 Å². The first-order valence-corrected chi connectivity index (χ1v) is 8.56. The van der Waals surface area contributed by atoms with E-state index in [1.807, 2.05) is 41.3 Å². The number of nitrogens with zero attached hydrogens (tertiary/aromatic N) is 1. The van der Waals surface area contributed by atoms with Gasteiger partial charge < -0.3 is 15.0 Å². The number of carbonyl (C=O) groups excluding carboxylic acids is 1. The Morgan fingerprint density at radius 3 is 2.67 bits per heavy atom. The fraction of sp³-hybridized carbons (Fsp3) is 0.350. The molecule has 1 fully saturated rings. The number of carbonyl (C=O) groups is 1. The van der Waals surface area contributed by atoms with Gasteiger partial charge in [0.1, 0.15) is 5.75 Å². The molecular formula is C20H24N2O2. The van der Waals surface area contributed by atoms with Crippen LogP contribution in [0.15, 0.2) is 54.6 Å². The van der Waals surface area contributed by atoms with Crippen LogP contribution >= 0.6 is 0 Å². The molecule has 4 nitrogen and oxygen atoms in total. The van der Waals surface area contributed by atoms with Crippen molar-refractivity contribution in [2.45, 2.75) is 12.8 Å². The zero-order valence-electron chi connectivity index (χ0n) is 13.9.